The summed E-state index contributed by atoms with van der Waals surface area (Å²) >= 11 is 0. The Morgan fingerprint density at radius 3 is 2.12 bits per heavy atom. The van der Waals surface area contributed by atoms with Gasteiger partial charge in [0, 0.05) is 37.0 Å². The highest BCUT2D eigenvalue weighted by Crippen LogP contribution is 2.21. The maximum atomic E-state index is 14.8. The number of nitrogens with one attached hydrogen (secondary N) is 1. The standard InChI is InChI=1S/C32H40FN3O4S/c1-24-17-19-27(20-18-24)36(41(5,39)40)21-11-16-30(37)35(23-26-14-9-10-15-28(26)33)29(31(38)34-32(2,3)4)22-25-12-7-6-8-13-25/h6-10,12-15,17-20,29H,11,16,21-23H2,1-5H3,(H,34,38)/t29-/m0/s1. The molecule has 220 valence electrons. The zero-order chi connectivity index (χ0) is 30.2. The Morgan fingerprint density at radius 1 is 0.927 bits per heavy atom. The average molecular weight is 582 g/mol. The number of nitrogens with zero attached hydrogens (tertiary/aromatic N) is 2. The molecule has 3 aromatic rings. The van der Waals surface area contributed by atoms with Crippen LogP contribution in [0.2, 0.25) is 0 Å². The number of hydrogen-bond donors (Lipinski definition) is 1. The first-order valence-corrected chi connectivity index (χ1v) is 15.5. The van der Waals surface area contributed by atoms with Crippen molar-refractivity contribution in [2.24, 2.45) is 0 Å². The maximum absolute atomic E-state index is 14.8. The molecule has 3 aromatic carbocycles. The summed E-state index contributed by atoms with van der Waals surface area (Å²) in [5.41, 5.74) is 2.11. The molecule has 9 heteroatoms. The van der Waals surface area contributed by atoms with E-state index in [4.69, 9.17) is 0 Å². The van der Waals surface area contributed by atoms with E-state index < -0.39 is 27.4 Å². The minimum absolute atomic E-state index is 0.0274. The van der Waals surface area contributed by atoms with Crippen LogP contribution in [-0.4, -0.2) is 49.5 Å². The normalized spacial score (nSPS) is 12.4. The summed E-state index contributed by atoms with van der Waals surface area (Å²) in [5.74, 6) is -1.18. The molecule has 0 aliphatic heterocycles. The quantitative estimate of drug-likeness (QED) is 0.317. The molecule has 0 spiro atoms. The van der Waals surface area contributed by atoms with E-state index >= 15 is 0 Å². The number of amides is 2. The first-order chi connectivity index (χ1) is 19.2. The fourth-order valence-electron chi connectivity index (χ4n) is 4.53. The summed E-state index contributed by atoms with van der Waals surface area (Å²) in [7, 11) is -3.60. The van der Waals surface area contributed by atoms with E-state index in [1.54, 1.807) is 30.3 Å². The second-order valence-electron chi connectivity index (χ2n) is 11.3. The number of carbonyl (C=O) groups excluding carboxylic acids is 2. The van der Waals surface area contributed by atoms with Crippen LogP contribution < -0.4 is 9.62 Å². The first kappa shape index (κ1) is 31.8. The number of anilines is 1. The predicted octanol–water partition coefficient (Wildman–Crippen LogP) is 5.24. The van der Waals surface area contributed by atoms with Crippen molar-refractivity contribution in [1.29, 1.82) is 0 Å². The summed E-state index contributed by atoms with van der Waals surface area (Å²) < 4.78 is 41.2. The number of rotatable bonds is 12. The highest BCUT2D eigenvalue weighted by molar-refractivity contribution is 7.92. The van der Waals surface area contributed by atoms with Crippen molar-refractivity contribution in [3.8, 4) is 0 Å². The van der Waals surface area contributed by atoms with Gasteiger partial charge in [0.05, 0.1) is 11.9 Å². The van der Waals surface area contributed by atoms with Gasteiger partial charge in [0.2, 0.25) is 21.8 Å². The van der Waals surface area contributed by atoms with E-state index in [2.05, 4.69) is 5.32 Å². The molecule has 0 radical (unpaired) electrons. The first-order valence-electron chi connectivity index (χ1n) is 13.7. The predicted molar refractivity (Wildman–Crippen MR) is 161 cm³/mol. The third-order valence-corrected chi connectivity index (χ3v) is 7.74. The Morgan fingerprint density at radius 2 is 1.54 bits per heavy atom. The lowest BCUT2D eigenvalue weighted by Gasteiger charge is -2.34. The Labute approximate surface area is 243 Å². The molecular weight excluding hydrogens is 541 g/mol. The zero-order valence-electron chi connectivity index (χ0n) is 24.4. The fraction of sp³-hybridized carbons (Fsp3) is 0.375. The van der Waals surface area contributed by atoms with Gasteiger partial charge in [-0.1, -0.05) is 66.2 Å². The van der Waals surface area contributed by atoms with Crippen molar-refractivity contribution in [3.63, 3.8) is 0 Å². The Balaban J connectivity index is 1.91. The zero-order valence-corrected chi connectivity index (χ0v) is 25.2. The van der Waals surface area contributed by atoms with Crippen molar-refractivity contribution in [2.45, 2.75) is 65.1 Å². The largest absolute Gasteiger partial charge is 0.350 e. The Bertz CT molecular complexity index is 1420. The highest BCUT2D eigenvalue weighted by atomic mass is 32.2. The van der Waals surface area contributed by atoms with Gasteiger partial charge in [-0.25, -0.2) is 12.8 Å². The molecule has 7 nitrogen and oxygen atoms in total. The van der Waals surface area contributed by atoms with Crippen LogP contribution in [-0.2, 0) is 32.6 Å². The molecule has 0 heterocycles. The van der Waals surface area contributed by atoms with Gasteiger partial charge < -0.3 is 10.2 Å². The van der Waals surface area contributed by atoms with Gasteiger partial charge in [-0.15, -0.1) is 0 Å². The van der Waals surface area contributed by atoms with E-state index in [-0.39, 0.29) is 44.2 Å². The number of hydrogen-bond acceptors (Lipinski definition) is 4. The second kappa shape index (κ2) is 13.8. The van der Waals surface area contributed by atoms with Crippen LogP contribution in [0.1, 0.15) is 50.3 Å². The summed E-state index contributed by atoms with van der Waals surface area (Å²) in [4.78, 5) is 28.9. The van der Waals surface area contributed by atoms with E-state index in [1.165, 1.54) is 15.3 Å². The summed E-state index contributed by atoms with van der Waals surface area (Å²) in [6.45, 7) is 7.47. The molecule has 1 atom stereocenters. The van der Waals surface area contributed by atoms with E-state index in [0.717, 1.165) is 17.4 Å². The van der Waals surface area contributed by atoms with Gasteiger partial charge in [0.25, 0.3) is 0 Å². The molecule has 0 aliphatic rings. The molecule has 3 rings (SSSR count). The topological polar surface area (TPSA) is 86.8 Å². The van der Waals surface area contributed by atoms with Gasteiger partial charge >= 0.3 is 0 Å². The monoisotopic (exact) mass is 581 g/mol. The molecule has 0 aliphatic carbocycles. The lowest BCUT2D eigenvalue weighted by atomic mass is 10.00. The smallest absolute Gasteiger partial charge is 0.243 e. The number of sulfonamides is 1. The summed E-state index contributed by atoms with van der Waals surface area (Å²) in [5, 5.41) is 2.98. The number of carbonyl (C=O) groups is 2. The number of halogens is 1. The van der Waals surface area contributed by atoms with Crippen LogP contribution in [0.4, 0.5) is 10.1 Å². The van der Waals surface area contributed by atoms with Crippen LogP contribution in [0.25, 0.3) is 0 Å². The van der Waals surface area contributed by atoms with Gasteiger partial charge in [0.1, 0.15) is 11.9 Å². The molecule has 0 fully saturated rings. The van der Waals surface area contributed by atoms with Gasteiger partial charge in [-0.2, -0.15) is 0 Å². The highest BCUT2D eigenvalue weighted by Gasteiger charge is 2.32. The Hall–Kier alpha value is -3.72. The molecule has 41 heavy (non-hydrogen) atoms. The van der Waals surface area contributed by atoms with Crippen molar-refractivity contribution in [2.75, 3.05) is 17.1 Å². The third kappa shape index (κ3) is 9.70. The molecule has 0 saturated carbocycles. The van der Waals surface area contributed by atoms with Gasteiger partial charge in [0.15, 0.2) is 0 Å². The number of aryl methyl sites for hydroxylation is 1. The van der Waals surface area contributed by atoms with Crippen LogP contribution in [0.3, 0.4) is 0 Å². The Kier molecular flexibility index (Phi) is 10.7. The fourth-order valence-corrected chi connectivity index (χ4v) is 5.50. The lowest BCUT2D eigenvalue weighted by Crippen LogP contribution is -2.54. The molecular formula is C32H40FN3O4S. The SMILES string of the molecule is Cc1ccc(N(CCCC(=O)N(Cc2ccccc2F)[C@@H](Cc2ccccc2)C(=O)NC(C)(C)C)S(C)(=O)=O)cc1. The lowest BCUT2D eigenvalue weighted by molar-refractivity contribution is -0.142. The van der Waals surface area contributed by atoms with Gasteiger partial charge in [-0.3, -0.25) is 13.9 Å². The molecule has 0 unspecified atom stereocenters. The summed E-state index contributed by atoms with van der Waals surface area (Å²) in [6, 6.07) is 21.8. The average Bonchev–Trinajstić information content (AvgIpc) is 2.89. The maximum Gasteiger partial charge on any atom is 0.243 e. The second-order valence-corrected chi connectivity index (χ2v) is 13.2. The minimum Gasteiger partial charge on any atom is -0.350 e. The van der Waals surface area contributed by atoms with Gasteiger partial charge in [-0.05, 0) is 57.9 Å². The molecule has 1 N–H and O–H groups in total. The molecule has 0 bridgehead atoms. The minimum atomic E-state index is -3.60. The van der Waals surface area contributed by atoms with Crippen molar-refractivity contribution < 1.29 is 22.4 Å². The van der Waals surface area contributed by atoms with E-state index in [0.29, 0.717) is 11.3 Å². The molecule has 0 saturated heterocycles. The van der Waals surface area contributed by atoms with Crippen molar-refractivity contribution in [1.82, 2.24) is 10.2 Å². The molecule has 0 aromatic heterocycles. The van der Waals surface area contributed by atoms with Crippen LogP contribution in [0.15, 0.2) is 78.9 Å². The third-order valence-electron chi connectivity index (χ3n) is 6.54. The van der Waals surface area contributed by atoms with Crippen LogP contribution >= 0.6 is 0 Å². The van der Waals surface area contributed by atoms with E-state index in [9.17, 15) is 22.4 Å². The van der Waals surface area contributed by atoms with Crippen molar-refractivity contribution >= 4 is 27.5 Å². The van der Waals surface area contributed by atoms with Crippen molar-refractivity contribution in [3.05, 3.63) is 101 Å². The molecule has 2 amide bonds. The van der Waals surface area contributed by atoms with E-state index in [1.807, 2.05) is 70.2 Å². The van der Waals surface area contributed by atoms with Crippen LogP contribution in [0, 0.1) is 12.7 Å². The van der Waals surface area contributed by atoms with Crippen LogP contribution in [0.5, 0.6) is 0 Å². The number of benzene rings is 3. The summed E-state index contributed by atoms with van der Waals surface area (Å²) in [6.07, 6.45) is 1.56.